The second-order valence-corrected chi connectivity index (χ2v) is 7.98. The van der Waals surface area contributed by atoms with Gasteiger partial charge in [0.1, 0.15) is 6.04 Å². The van der Waals surface area contributed by atoms with Gasteiger partial charge in [-0.1, -0.05) is 19.1 Å². The van der Waals surface area contributed by atoms with E-state index in [1.54, 1.807) is 6.07 Å². The van der Waals surface area contributed by atoms with Crippen molar-refractivity contribution >= 4 is 17.3 Å². The summed E-state index contributed by atoms with van der Waals surface area (Å²) < 4.78 is 1.90. The minimum Gasteiger partial charge on any atom is -0.361 e. The highest BCUT2D eigenvalue weighted by Gasteiger charge is 2.30. The Morgan fingerprint density at radius 2 is 2.06 bits per heavy atom. The molecular weight excluding hydrogens is 388 g/mol. The molecule has 7 heteroatoms. The van der Waals surface area contributed by atoms with E-state index in [2.05, 4.69) is 27.5 Å². The maximum atomic E-state index is 12.3. The van der Waals surface area contributed by atoms with E-state index in [0.717, 1.165) is 53.2 Å². The van der Waals surface area contributed by atoms with Crippen molar-refractivity contribution in [1.82, 2.24) is 14.8 Å². The number of nitrogens with one attached hydrogen (secondary N) is 1. The molecule has 0 bridgehead atoms. The molecule has 3 heterocycles. The predicted octanol–water partition coefficient (Wildman–Crippen LogP) is 3.46. The summed E-state index contributed by atoms with van der Waals surface area (Å²) in [7, 11) is 1.97. The van der Waals surface area contributed by atoms with Crippen molar-refractivity contribution in [1.29, 1.82) is 5.26 Å². The molecule has 0 unspecified atom stereocenters. The van der Waals surface area contributed by atoms with Crippen molar-refractivity contribution in [3.05, 3.63) is 70.8 Å². The summed E-state index contributed by atoms with van der Waals surface area (Å²) >= 11 is 0. The first-order valence-corrected chi connectivity index (χ1v) is 10.5. The molecule has 31 heavy (non-hydrogen) atoms. The van der Waals surface area contributed by atoms with Crippen LogP contribution < -0.4 is 10.2 Å². The van der Waals surface area contributed by atoms with Crippen molar-refractivity contribution in [3.8, 4) is 6.07 Å². The molecule has 0 radical (unpaired) electrons. The lowest BCUT2D eigenvalue weighted by molar-refractivity contribution is -0.117. The van der Waals surface area contributed by atoms with Crippen LogP contribution in [0.15, 0.2) is 42.7 Å². The van der Waals surface area contributed by atoms with Gasteiger partial charge in [-0.2, -0.15) is 10.4 Å². The zero-order valence-corrected chi connectivity index (χ0v) is 18.1. The average Bonchev–Trinajstić information content (AvgIpc) is 3.21. The van der Waals surface area contributed by atoms with E-state index in [0.29, 0.717) is 12.1 Å². The molecule has 1 aliphatic heterocycles. The molecule has 1 aliphatic rings. The van der Waals surface area contributed by atoms with Gasteiger partial charge < -0.3 is 10.2 Å². The largest absolute Gasteiger partial charge is 0.361 e. The molecule has 158 valence electrons. The van der Waals surface area contributed by atoms with Crippen LogP contribution in [0.4, 0.5) is 11.4 Å². The van der Waals surface area contributed by atoms with E-state index in [1.165, 1.54) is 0 Å². The second-order valence-electron chi connectivity index (χ2n) is 7.98. The van der Waals surface area contributed by atoms with E-state index in [-0.39, 0.29) is 11.9 Å². The summed E-state index contributed by atoms with van der Waals surface area (Å²) in [5.74, 6) is 0.0304. The van der Waals surface area contributed by atoms with Gasteiger partial charge in [0.15, 0.2) is 0 Å². The van der Waals surface area contributed by atoms with Crippen LogP contribution >= 0.6 is 0 Å². The third-order valence-corrected chi connectivity index (χ3v) is 5.77. The summed E-state index contributed by atoms with van der Waals surface area (Å²) in [6, 6.07) is 11.7. The fourth-order valence-electron chi connectivity index (χ4n) is 4.11. The van der Waals surface area contributed by atoms with Crippen LogP contribution in [0.1, 0.15) is 41.4 Å². The number of aromatic nitrogens is 3. The number of nitrogens with zero attached hydrogens (tertiary/aromatic N) is 5. The quantitative estimate of drug-likeness (QED) is 0.667. The smallest absolute Gasteiger partial charge is 0.247 e. The van der Waals surface area contributed by atoms with Gasteiger partial charge >= 0.3 is 0 Å². The van der Waals surface area contributed by atoms with Gasteiger partial charge in [0.05, 0.1) is 41.4 Å². The van der Waals surface area contributed by atoms with Crippen molar-refractivity contribution in [2.24, 2.45) is 0 Å². The minimum absolute atomic E-state index is 0.0304. The molecular formula is C24H26N6O. The highest BCUT2D eigenvalue weighted by molar-refractivity contribution is 6.04. The Hall–Kier alpha value is -3.66. The van der Waals surface area contributed by atoms with Crippen LogP contribution in [0.5, 0.6) is 0 Å². The third-order valence-electron chi connectivity index (χ3n) is 5.77. The van der Waals surface area contributed by atoms with Crippen molar-refractivity contribution in [2.75, 3.05) is 17.3 Å². The van der Waals surface area contributed by atoms with Gasteiger partial charge in [-0.05, 0) is 55.5 Å². The molecule has 1 amide bonds. The number of fused-ring (bicyclic) bond motifs is 1. The Morgan fingerprint density at radius 3 is 2.84 bits per heavy atom. The van der Waals surface area contributed by atoms with Gasteiger partial charge in [0.2, 0.25) is 5.91 Å². The van der Waals surface area contributed by atoms with E-state index in [9.17, 15) is 4.79 Å². The summed E-state index contributed by atoms with van der Waals surface area (Å²) in [6.45, 7) is 4.60. The molecule has 0 fully saturated rings. The van der Waals surface area contributed by atoms with Gasteiger partial charge in [-0.15, -0.1) is 0 Å². The topological polar surface area (TPSA) is 86.8 Å². The van der Waals surface area contributed by atoms with E-state index >= 15 is 0 Å². The lowest BCUT2D eigenvalue weighted by Gasteiger charge is -2.35. The Kier molecular flexibility index (Phi) is 5.72. The van der Waals surface area contributed by atoms with Gasteiger partial charge in [-0.25, -0.2) is 0 Å². The summed E-state index contributed by atoms with van der Waals surface area (Å²) in [5.41, 5.74) is 6.54. The summed E-state index contributed by atoms with van der Waals surface area (Å²) in [5, 5.41) is 16.5. The highest BCUT2D eigenvalue weighted by atomic mass is 16.2. The number of hydrogen-bond acceptors (Lipinski definition) is 5. The minimum atomic E-state index is -0.153. The average molecular weight is 415 g/mol. The number of likely N-dealkylation sites (N-methyl/N-ethyl adjacent to an activating group) is 1. The number of pyridine rings is 1. The van der Waals surface area contributed by atoms with Crippen LogP contribution in [0, 0.1) is 18.3 Å². The Balaban J connectivity index is 1.46. The third kappa shape index (κ3) is 4.29. The molecule has 1 N–H and O–H groups in total. The summed E-state index contributed by atoms with van der Waals surface area (Å²) in [4.78, 5) is 19.1. The standard InChI is InChI=1S/C24H26N6O/c1-4-21-24(31)28-23-16(2)27-20(11-22(23)29(21)3)9-8-19-13-26-30(15-19)14-18-7-5-6-17(10-18)12-25/h5-7,10-11,13,15,21H,4,8-9,14H2,1-3H3,(H,28,31)/t21-/m0/s1. The van der Waals surface area contributed by atoms with Crippen LogP contribution in [0.25, 0.3) is 0 Å². The fraction of sp³-hybridized carbons (Fsp3) is 0.333. The number of aryl methyl sites for hydroxylation is 3. The van der Waals surface area contributed by atoms with Gasteiger partial charge in [0, 0.05) is 18.9 Å². The number of anilines is 2. The first-order chi connectivity index (χ1) is 15.0. The summed E-state index contributed by atoms with van der Waals surface area (Å²) in [6.07, 6.45) is 6.32. The molecule has 7 nitrogen and oxygen atoms in total. The molecule has 1 aromatic carbocycles. The maximum absolute atomic E-state index is 12.3. The molecule has 4 rings (SSSR count). The second kappa shape index (κ2) is 8.60. The molecule has 0 aliphatic carbocycles. The number of carbonyl (C=O) groups excluding carboxylic acids is 1. The first kappa shape index (κ1) is 20.6. The van der Waals surface area contributed by atoms with Crippen LogP contribution in [-0.2, 0) is 24.2 Å². The zero-order valence-electron chi connectivity index (χ0n) is 18.1. The monoisotopic (exact) mass is 414 g/mol. The van der Waals surface area contributed by atoms with E-state index < -0.39 is 0 Å². The Bertz CT molecular complexity index is 1160. The number of nitriles is 1. The van der Waals surface area contributed by atoms with Gasteiger partial charge in [0.25, 0.3) is 0 Å². The van der Waals surface area contributed by atoms with Crippen molar-refractivity contribution in [3.63, 3.8) is 0 Å². The molecule has 2 aromatic heterocycles. The number of carbonyl (C=O) groups is 1. The Morgan fingerprint density at radius 1 is 1.23 bits per heavy atom. The number of hydrogen-bond donors (Lipinski definition) is 1. The van der Waals surface area contributed by atoms with Crippen LogP contribution in [0.3, 0.4) is 0 Å². The predicted molar refractivity (Wildman–Crippen MR) is 120 cm³/mol. The number of amides is 1. The van der Waals surface area contributed by atoms with Crippen LogP contribution in [-0.4, -0.2) is 33.8 Å². The Labute approximate surface area is 182 Å². The molecule has 1 atom stereocenters. The number of benzene rings is 1. The van der Waals surface area contributed by atoms with E-state index in [4.69, 9.17) is 10.2 Å². The first-order valence-electron chi connectivity index (χ1n) is 10.5. The highest BCUT2D eigenvalue weighted by Crippen LogP contribution is 2.34. The number of rotatable bonds is 6. The lowest BCUT2D eigenvalue weighted by atomic mass is 10.0. The molecule has 3 aromatic rings. The normalized spacial score (nSPS) is 15.4. The van der Waals surface area contributed by atoms with E-state index in [1.807, 2.05) is 56.2 Å². The molecule has 0 saturated carbocycles. The van der Waals surface area contributed by atoms with Crippen LogP contribution in [0.2, 0.25) is 0 Å². The van der Waals surface area contributed by atoms with Crippen molar-refractivity contribution < 1.29 is 4.79 Å². The molecule has 0 spiro atoms. The van der Waals surface area contributed by atoms with Gasteiger partial charge in [-0.3, -0.25) is 14.5 Å². The maximum Gasteiger partial charge on any atom is 0.247 e. The SMILES string of the molecule is CC[C@H]1C(=O)Nc2c(cc(CCc3cnn(Cc4cccc(C#N)c4)c3)nc2C)N1C. The fourth-order valence-corrected chi connectivity index (χ4v) is 4.11. The lowest BCUT2D eigenvalue weighted by Crippen LogP contribution is -2.46. The zero-order chi connectivity index (χ0) is 22.0. The molecule has 0 saturated heterocycles. The van der Waals surface area contributed by atoms with Crippen molar-refractivity contribution in [2.45, 2.75) is 45.7 Å².